The molecule has 124 valence electrons. The number of carbonyl (C=O) groups excluding carboxylic acids is 2. The maximum Gasteiger partial charge on any atom is 0.229 e. The van der Waals surface area contributed by atoms with Crippen LogP contribution in [-0.4, -0.2) is 26.9 Å². The Morgan fingerprint density at radius 2 is 2.00 bits per heavy atom. The molecule has 0 unspecified atom stereocenters. The first-order valence-corrected chi connectivity index (χ1v) is 8.53. The molecular weight excluding hydrogens is 292 g/mol. The van der Waals surface area contributed by atoms with Gasteiger partial charge in [0.05, 0.1) is 17.8 Å². The molecule has 0 aromatic carbocycles. The van der Waals surface area contributed by atoms with Gasteiger partial charge in [0.2, 0.25) is 11.8 Å². The molecule has 2 N–H and O–H groups in total. The number of amides is 2. The van der Waals surface area contributed by atoms with Crippen LogP contribution in [0.5, 0.6) is 0 Å². The predicted molar refractivity (Wildman–Crippen MR) is 85.5 cm³/mol. The molecule has 23 heavy (non-hydrogen) atoms. The first kappa shape index (κ1) is 14.7. The fourth-order valence-corrected chi connectivity index (χ4v) is 3.65. The molecule has 6 heteroatoms. The van der Waals surface area contributed by atoms with E-state index < -0.39 is 5.41 Å². The molecular formula is C17H24N4O2. The predicted octanol–water partition coefficient (Wildman–Crippen LogP) is 2.53. The number of aromatic amines is 1. The number of carbonyl (C=O) groups is 2. The monoisotopic (exact) mass is 316 g/mol. The highest BCUT2D eigenvalue weighted by Gasteiger charge is 2.59. The SMILES string of the molecule is CC(C)(C)C(=O)N1Cc2c(NC(=O)C3CCC3)n[nH]c2C12CC2. The zero-order valence-corrected chi connectivity index (χ0v) is 14.0. The highest BCUT2D eigenvalue weighted by Crippen LogP contribution is 2.57. The van der Waals surface area contributed by atoms with Crippen molar-refractivity contribution >= 4 is 17.6 Å². The molecule has 2 amide bonds. The maximum absolute atomic E-state index is 12.8. The van der Waals surface area contributed by atoms with Crippen LogP contribution >= 0.6 is 0 Å². The molecule has 3 aliphatic rings. The fraction of sp³-hybridized carbons (Fsp3) is 0.706. The van der Waals surface area contributed by atoms with E-state index in [1.807, 2.05) is 25.7 Å². The Morgan fingerprint density at radius 3 is 2.52 bits per heavy atom. The van der Waals surface area contributed by atoms with Crippen molar-refractivity contribution in [3.05, 3.63) is 11.3 Å². The smallest absolute Gasteiger partial charge is 0.229 e. The molecule has 6 nitrogen and oxygen atoms in total. The first-order chi connectivity index (χ1) is 10.8. The number of hydrogen-bond acceptors (Lipinski definition) is 3. The van der Waals surface area contributed by atoms with Crippen LogP contribution < -0.4 is 5.32 Å². The van der Waals surface area contributed by atoms with Gasteiger partial charge >= 0.3 is 0 Å². The average molecular weight is 316 g/mol. The minimum absolute atomic E-state index is 0.0657. The molecule has 0 radical (unpaired) electrons. The second kappa shape index (κ2) is 4.58. The summed E-state index contributed by atoms with van der Waals surface area (Å²) in [5.41, 5.74) is 1.42. The highest BCUT2D eigenvalue weighted by atomic mass is 16.2. The summed E-state index contributed by atoms with van der Waals surface area (Å²) in [6.07, 6.45) is 5.02. The number of nitrogens with one attached hydrogen (secondary N) is 2. The van der Waals surface area contributed by atoms with Crippen LogP contribution in [0.3, 0.4) is 0 Å². The van der Waals surface area contributed by atoms with E-state index in [0.29, 0.717) is 12.4 Å². The van der Waals surface area contributed by atoms with Crippen molar-refractivity contribution < 1.29 is 9.59 Å². The lowest BCUT2D eigenvalue weighted by Crippen LogP contribution is -2.42. The van der Waals surface area contributed by atoms with Crippen LogP contribution in [0.15, 0.2) is 0 Å². The third-order valence-corrected chi connectivity index (χ3v) is 5.49. The second-order valence-electron chi connectivity index (χ2n) is 8.22. The van der Waals surface area contributed by atoms with Crippen LogP contribution in [0.1, 0.15) is 64.1 Å². The van der Waals surface area contributed by atoms with Crippen LogP contribution in [0.25, 0.3) is 0 Å². The Bertz CT molecular complexity index is 677. The summed E-state index contributed by atoms with van der Waals surface area (Å²) in [5, 5.41) is 10.4. The Kier molecular flexibility index (Phi) is 2.93. The number of aromatic nitrogens is 2. The van der Waals surface area contributed by atoms with Crippen LogP contribution in [0, 0.1) is 11.3 Å². The van der Waals surface area contributed by atoms with Gasteiger partial charge in [-0.05, 0) is 25.7 Å². The zero-order valence-electron chi connectivity index (χ0n) is 14.0. The normalized spacial score (nSPS) is 22.0. The van der Waals surface area contributed by atoms with Gasteiger partial charge in [0, 0.05) is 16.9 Å². The van der Waals surface area contributed by atoms with Gasteiger partial charge in [-0.3, -0.25) is 14.7 Å². The molecule has 0 saturated heterocycles. The van der Waals surface area contributed by atoms with Crippen LogP contribution in [0.4, 0.5) is 5.82 Å². The number of fused-ring (bicyclic) bond motifs is 2. The lowest BCUT2D eigenvalue weighted by Gasteiger charge is -2.31. The maximum atomic E-state index is 12.8. The molecule has 2 fully saturated rings. The molecule has 2 saturated carbocycles. The van der Waals surface area contributed by atoms with Crippen molar-refractivity contribution in [3.8, 4) is 0 Å². The van der Waals surface area contributed by atoms with Gasteiger partial charge in [-0.25, -0.2) is 0 Å². The molecule has 2 aliphatic carbocycles. The Morgan fingerprint density at radius 1 is 1.30 bits per heavy atom. The molecule has 1 aromatic rings. The number of rotatable bonds is 2. The summed E-state index contributed by atoms with van der Waals surface area (Å²) in [5.74, 6) is 0.977. The van der Waals surface area contributed by atoms with Gasteiger partial charge in [-0.15, -0.1) is 0 Å². The van der Waals surface area contributed by atoms with Gasteiger partial charge in [-0.1, -0.05) is 27.2 Å². The number of H-pyrrole nitrogens is 1. The molecule has 4 rings (SSSR count). The summed E-state index contributed by atoms with van der Waals surface area (Å²) in [6, 6.07) is 0. The Labute approximate surface area is 136 Å². The molecule has 2 heterocycles. The highest BCUT2D eigenvalue weighted by molar-refractivity contribution is 5.93. The van der Waals surface area contributed by atoms with E-state index in [4.69, 9.17) is 0 Å². The number of hydrogen-bond donors (Lipinski definition) is 2. The van der Waals surface area contributed by atoms with E-state index in [2.05, 4.69) is 15.5 Å². The molecule has 1 aromatic heterocycles. The van der Waals surface area contributed by atoms with Gasteiger partial charge in [0.15, 0.2) is 5.82 Å². The summed E-state index contributed by atoms with van der Waals surface area (Å²) >= 11 is 0. The first-order valence-electron chi connectivity index (χ1n) is 8.53. The van der Waals surface area contributed by atoms with Crippen molar-refractivity contribution in [3.63, 3.8) is 0 Å². The quantitative estimate of drug-likeness (QED) is 0.880. The lowest BCUT2D eigenvalue weighted by atomic mass is 9.85. The topological polar surface area (TPSA) is 78.1 Å². The van der Waals surface area contributed by atoms with E-state index in [1.165, 1.54) is 0 Å². The second-order valence-corrected chi connectivity index (χ2v) is 8.22. The van der Waals surface area contributed by atoms with Gasteiger partial charge in [0.25, 0.3) is 0 Å². The minimum atomic E-state index is -0.401. The molecule has 0 atom stereocenters. The van der Waals surface area contributed by atoms with E-state index in [9.17, 15) is 9.59 Å². The van der Waals surface area contributed by atoms with Gasteiger partial charge in [0.1, 0.15) is 0 Å². The van der Waals surface area contributed by atoms with Crippen LogP contribution in [-0.2, 0) is 21.7 Å². The van der Waals surface area contributed by atoms with Gasteiger partial charge in [-0.2, -0.15) is 5.10 Å². The minimum Gasteiger partial charge on any atom is -0.326 e. The zero-order chi connectivity index (χ0) is 16.4. The Balaban J connectivity index is 1.59. The van der Waals surface area contributed by atoms with Crippen LogP contribution in [0.2, 0.25) is 0 Å². The van der Waals surface area contributed by atoms with Gasteiger partial charge < -0.3 is 10.2 Å². The van der Waals surface area contributed by atoms with E-state index >= 15 is 0 Å². The lowest BCUT2D eigenvalue weighted by molar-refractivity contribution is -0.143. The average Bonchev–Trinajstić information content (AvgIpc) is 2.99. The van der Waals surface area contributed by atoms with E-state index in [-0.39, 0.29) is 23.3 Å². The third kappa shape index (κ3) is 2.11. The molecule has 1 aliphatic heterocycles. The third-order valence-electron chi connectivity index (χ3n) is 5.49. The van der Waals surface area contributed by atoms with Crippen molar-refractivity contribution in [1.29, 1.82) is 0 Å². The molecule has 0 bridgehead atoms. The van der Waals surface area contributed by atoms with Crippen molar-refractivity contribution in [2.24, 2.45) is 11.3 Å². The summed E-state index contributed by atoms with van der Waals surface area (Å²) in [6.45, 7) is 6.41. The van der Waals surface area contributed by atoms with Crippen molar-refractivity contribution in [2.75, 3.05) is 5.32 Å². The number of anilines is 1. The van der Waals surface area contributed by atoms with Crippen molar-refractivity contribution in [2.45, 2.75) is 65.0 Å². The summed E-state index contributed by atoms with van der Waals surface area (Å²) in [4.78, 5) is 27.0. The standard InChI is InChI=1S/C17H24N4O2/c1-16(2,3)15(23)21-9-11-12(17(21)7-8-17)19-20-13(11)18-14(22)10-5-4-6-10/h10H,4-9H2,1-3H3,(H2,18,19,20,22). The van der Waals surface area contributed by atoms with E-state index in [0.717, 1.165) is 43.4 Å². The summed E-state index contributed by atoms with van der Waals surface area (Å²) < 4.78 is 0. The summed E-state index contributed by atoms with van der Waals surface area (Å²) in [7, 11) is 0. The largest absolute Gasteiger partial charge is 0.326 e. The fourth-order valence-electron chi connectivity index (χ4n) is 3.65. The van der Waals surface area contributed by atoms with E-state index in [1.54, 1.807) is 0 Å². The van der Waals surface area contributed by atoms with Crippen molar-refractivity contribution in [1.82, 2.24) is 15.1 Å². The number of nitrogens with zero attached hydrogens (tertiary/aromatic N) is 2. The Hall–Kier alpha value is -1.85. The molecule has 1 spiro atoms.